The number of rotatable bonds is 1. The molecule has 0 fully saturated rings. The maximum absolute atomic E-state index is 5.70. The van der Waals surface area contributed by atoms with Gasteiger partial charge in [0.2, 0.25) is 0 Å². The molecule has 4 heteroatoms. The molecule has 0 saturated heterocycles. The summed E-state index contributed by atoms with van der Waals surface area (Å²) >= 11 is 3.71. The molecular formula is C29H21NOS2. The van der Waals surface area contributed by atoms with Crippen LogP contribution < -0.4 is 9.64 Å². The molecule has 0 saturated carbocycles. The zero-order chi connectivity index (χ0) is 22.3. The van der Waals surface area contributed by atoms with Gasteiger partial charge in [-0.05, 0) is 60.0 Å². The molecule has 0 unspecified atom stereocenters. The summed E-state index contributed by atoms with van der Waals surface area (Å²) in [5.74, 6) is 0.908. The normalized spacial score (nSPS) is 13.6. The van der Waals surface area contributed by atoms with Crippen LogP contribution in [0.5, 0.6) is 5.75 Å². The molecule has 0 spiro atoms. The zero-order valence-electron chi connectivity index (χ0n) is 18.6. The van der Waals surface area contributed by atoms with Crippen molar-refractivity contribution in [3.05, 3.63) is 83.9 Å². The fraction of sp³-hybridized carbons (Fsp3) is 0.103. The highest BCUT2D eigenvalue weighted by atomic mass is 32.2. The molecule has 160 valence electrons. The molecule has 2 nitrogen and oxygen atoms in total. The van der Waals surface area contributed by atoms with Crippen LogP contribution in [0.15, 0.2) is 92.4 Å². The number of aryl methyl sites for hydroxylation is 2. The first-order valence-electron chi connectivity index (χ1n) is 11.1. The van der Waals surface area contributed by atoms with Crippen molar-refractivity contribution in [1.82, 2.24) is 0 Å². The summed E-state index contributed by atoms with van der Waals surface area (Å²) in [5.41, 5.74) is 6.47. The average molecular weight is 464 g/mol. The van der Waals surface area contributed by atoms with Crippen LogP contribution in [-0.4, -0.2) is 7.11 Å². The van der Waals surface area contributed by atoms with Gasteiger partial charge in [0.15, 0.2) is 0 Å². The largest absolute Gasteiger partial charge is 0.497 e. The van der Waals surface area contributed by atoms with Crippen LogP contribution in [0.2, 0.25) is 0 Å². The van der Waals surface area contributed by atoms with Crippen LogP contribution >= 0.6 is 23.5 Å². The van der Waals surface area contributed by atoms with Crippen molar-refractivity contribution in [2.45, 2.75) is 33.4 Å². The van der Waals surface area contributed by atoms with Crippen molar-refractivity contribution in [3.8, 4) is 5.75 Å². The highest BCUT2D eigenvalue weighted by Gasteiger charge is 2.36. The average Bonchev–Trinajstić information content (AvgIpc) is 2.83. The molecule has 0 amide bonds. The Morgan fingerprint density at radius 2 is 1.00 bits per heavy atom. The van der Waals surface area contributed by atoms with E-state index >= 15 is 0 Å². The van der Waals surface area contributed by atoms with Crippen LogP contribution in [0.4, 0.5) is 17.1 Å². The van der Waals surface area contributed by atoms with E-state index in [2.05, 4.69) is 91.5 Å². The van der Waals surface area contributed by atoms with Crippen molar-refractivity contribution in [3.63, 3.8) is 0 Å². The van der Waals surface area contributed by atoms with Crippen molar-refractivity contribution in [2.24, 2.45) is 0 Å². The van der Waals surface area contributed by atoms with Crippen molar-refractivity contribution in [1.29, 1.82) is 0 Å². The maximum Gasteiger partial charge on any atom is 0.121 e. The Bertz CT molecular complexity index is 1520. The van der Waals surface area contributed by atoms with E-state index in [9.17, 15) is 0 Å². The van der Waals surface area contributed by atoms with E-state index < -0.39 is 0 Å². The van der Waals surface area contributed by atoms with E-state index in [1.807, 2.05) is 23.5 Å². The first-order chi connectivity index (χ1) is 16.1. The Hall–Kier alpha value is -3.08. The molecule has 2 aliphatic rings. The minimum atomic E-state index is 0.908. The minimum Gasteiger partial charge on any atom is -0.497 e. The smallest absolute Gasteiger partial charge is 0.121 e. The van der Waals surface area contributed by atoms with Crippen LogP contribution in [0, 0.1) is 13.8 Å². The quantitative estimate of drug-likeness (QED) is 0.241. The van der Waals surface area contributed by atoms with Crippen molar-refractivity contribution >= 4 is 62.1 Å². The third-order valence-electron chi connectivity index (χ3n) is 6.74. The van der Waals surface area contributed by atoms with Crippen LogP contribution in [0.1, 0.15) is 11.1 Å². The maximum atomic E-state index is 5.70. The molecule has 5 aromatic carbocycles. The first-order valence-corrected chi connectivity index (χ1v) is 12.7. The summed E-state index contributed by atoms with van der Waals surface area (Å²) in [6, 6.07) is 26.7. The lowest BCUT2D eigenvalue weighted by Gasteiger charge is -2.40. The van der Waals surface area contributed by atoms with E-state index in [4.69, 9.17) is 4.74 Å². The molecular weight excluding hydrogens is 442 g/mol. The Kier molecular flexibility index (Phi) is 4.09. The van der Waals surface area contributed by atoms with Crippen LogP contribution in [0.3, 0.4) is 0 Å². The lowest BCUT2D eigenvalue weighted by molar-refractivity contribution is 0.412. The lowest BCUT2D eigenvalue weighted by Crippen LogP contribution is -2.20. The van der Waals surface area contributed by atoms with Gasteiger partial charge in [-0.3, -0.25) is 0 Å². The first kappa shape index (κ1) is 19.4. The summed E-state index contributed by atoms with van der Waals surface area (Å²) in [6.45, 7) is 4.43. The highest BCUT2D eigenvalue weighted by molar-refractivity contribution is 8.00. The third-order valence-corrected chi connectivity index (χ3v) is 8.86. The van der Waals surface area contributed by atoms with E-state index in [-0.39, 0.29) is 0 Å². The van der Waals surface area contributed by atoms with Gasteiger partial charge in [0.25, 0.3) is 0 Å². The molecule has 0 aromatic heterocycles. The van der Waals surface area contributed by atoms with Crippen molar-refractivity contribution < 1.29 is 4.74 Å². The zero-order valence-corrected chi connectivity index (χ0v) is 20.2. The van der Waals surface area contributed by atoms with Gasteiger partial charge in [-0.1, -0.05) is 72.1 Å². The van der Waals surface area contributed by atoms with Crippen LogP contribution in [-0.2, 0) is 0 Å². The lowest BCUT2D eigenvalue weighted by atomic mass is 9.99. The number of methoxy groups -OCH3 is 1. The SMILES string of the molecule is COc1cc2c3c(c1)Sc1cc(C)c4ccccc4c1N3c1c(cc(C)c3ccccc13)S2. The molecule has 0 atom stereocenters. The van der Waals surface area contributed by atoms with E-state index in [0.29, 0.717) is 0 Å². The van der Waals surface area contributed by atoms with Gasteiger partial charge in [-0.25, -0.2) is 0 Å². The second-order valence-corrected chi connectivity index (χ2v) is 10.9. The molecule has 0 N–H and O–H groups in total. The second-order valence-electron chi connectivity index (χ2n) is 8.68. The summed E-state index contributed by atoms with van der Waals surface area (Å²) in [6.07, 6.45) is 0. The second kappa shape index (κ2) is 6.96. The standard InChI is InChI=1S/C29H21NOS2/c1-16-12-23-27(21-10-6-4-8-19(16)21)30-28-22-11-7-5-9-20(22)17(2)13-24(28)33-26-15-18(31-3)14-25(32-23)29(26)30/h4-15H,1-3H3. The van der Waals surface area contributed by atoms with Gasteiger partial charge in [0.05, 0.1) is 24.2 Å². The predicted molar refractivity (Wildman–Crippen MR) is 140 cm³/mol. The number of nitrogens with zero attached hydrogens (tertiary/aromatic N) is 1. The summed E-state index contributed by atoms with van der Waals surface area (Å²) in [5, 5.41) is 5.22. The Balaban J connectivity index is 1.67. The molecule has 2 heterocycles. The fourth-order valence-electron chi connectivity index (χ4n) is 5.26. The number of ether oxygens (including phenoxy) is 1. The summed E-state index contributed by atoms with van der Waals surface area (Å²) in [4.78, 5) is 7.61. The van der Waals surface area contributed by atoms with E-state index in [1.54, 1.807) is 7.11 Å². The molecule has 0 bridgehead atoms. The highest BCUT2D eigenvalue weighted by Crippen LogP contribution is 2.63. The molecule has 5 aromatic rings. The van der Waals surface area contributed by atoms with Crippen LogP contribution in [0.25, 0.3) is 21.5 Å². The number of anilines is 3. The van der Waals surface area contributed by atoms with Gasteiger partial charge < -0.3 is 9.64 Å². The molecule has 33 heavy (non-hydrogen) atoms. The Morgan fingerprint density at radius 1 is 0.576 bits per heavy atom. The van der Waals surface area contributed by atoms with Gasteiger partial charge in [-0.2, -0.15) is 0 Å². The molecule has 2 aliphatic heterocycles. The van der Waals surface area contributed by atoms with Crippen molar-refractivity contribution in [2.75, 3.05) is 12.0 Å². The minimum absolute atomic E-state index is 0.908. The third kappa shape index (κ3) is 2.65. The van der Waals surface area contributed by atoms with E-state index in [1.165, 1.54) is 69.3 Å². The van der Waals surface area contributed by atoms with Gasteiger partial charge in [0.1, 0.15) is 5.75 Å². The molecule has 7 rings (SSSR count). The molecule has 0 radical (unpaired) electrons. The summed E-state index contributed by atoms with van der Waals surface area (Å²) in [7, 11) is 1.75. The Morgan fingerprint density at radius 3 is 1.45 bits per heavy atom. The number of hydrogen-bond donors (Lipinski definition) is 0. The summed E-state index contributed by atoms with van der Waals surface area (Å²) < 4.78 is 5.70. The number of fused-ring (bicyclic) bond motifs is 8. The van der Waals surface area contributed by atoms with E-state index in [0.717, 1.165) is 5.75 Å². The topological polar surface area (TPSA) is 12.5 Å². The number of hydrogen-bond acceptors (Lipinski definition) is 4. The van der Waals surface area contributed by atoms with Gasteiger partial charge >= 0.3 is 0 Å². The fourth-order valence-corrected chi connectivity index (χ4v) is 7.81. The number of benzene rings is 5. The predicted octanol–water partition coefficient (Wildman–Crippen LogP) is 9.02. The van der Waals surface area contributed by atoms with Gasteiger partial charge in [0, 0.05) is 30.4 Å². The molecule has 0 aliphatic carbocycles. The monoisotopic (exact) mass is 463 g/mol. The Labute approximate surface area is 201 Å². The van der Waals surface area contributed by atoms with Gasteiger partial charge in [-0.15, -0.1) is 0 Å².